The Morgan fingerprint density at radius 2 is 1.71 bits per heavy atom. The molecule has 5 nitrogen and oxygen atoms in total. The third-order valence-electron chi connectivity index (χ3n) is 3.67. The van der Waals surface area contributed by atoms with Crippen molar-refractivity contribution in [2.45, 2.75) is 11.9 Å². The molecule has 2 aromatic rings. The summed E-state index contributed by atoms with van der Waals surface area (Å²) in [5.74, 6) is 0.533. The van der Waals surface area contributed by atoms with E-state index in [1.807, 2.05) is 0 Å². The van der Waals surface area contributed by atoms with Crippen molar-refractivity contribution < 1.29 is 18.3 Å². The lowest BCUT2D eigenvalue weighted by molar-refractivity contribution is 0.155. The number of halogens is 1. The van der Waals surface area contributed by atoms with E-state index in [2.05, 4.69) is 0 Å². The van der Waals surface area contributed by atoms with E-state index in [1.54, 1.807) is 55.6 Å². The number of aliphatic hydroxyl groups is 1. The molecule has 24 heavy (non-hydrogen) atoms. The van der Waals surface area contributed by atoms with E-state index in [9.17, 15) is 13.5 Å². The summed E-state index contributed by atoms with van der Waals surface area (Å²) in [5.41, 5.74) is 1.27. The molecule has 7 heteroatoms. The first-order valence-electron chi connectivity index (χ1n) is 7.32. The summed E-state index contributed by atoms with van der Waals surface area (Å²) >= 11 is 5.80. The number of methoxy groups -OCH3 is 1. The molecule has 0 aliphatic carbocycles. The highest BCUT2D eigenvalue weighted by molar-refractivity contribution is 7.88. The van der Waals surface area contributed by atoms with Crippen molar-refractivity contribution in [1.29, 1.82) is 0 Å². The zero-order chi connectivity index (χ0) is 17.7. The SMILES string of the molecule is COc1ccc(C(O)CN(C)S(=O)(=O)Cc2ccc(Cl)cc2)cc1. The van der Waals surface area contributed by atoms with Gasteiger partial charge in [0.1, 0.15) is 5.75 Å². The third kappa shape index (κ3) is 4.95. The maximum absolute atomic E-state index is 12.4. The number of benzene rings is 2. The fraction of sp³-hybridized carbons (Fsp3) is 0.294. The fourth-order valence-corrected chi connectivity index (χ4v) is 3.52. The molecule has 0 aliphatic rings. The van der Waals surface area contributed by atoms with Gasteiger partial charge in [0.15, 0.2) is 0 Å². The van der Waals surface area contributed by atoms with Crippen LogP contribution in [0.2, 0.25) is 5.02 Å². The second-order valence-electron chi connectivity index (χ2n) is 5.45. The van der Waals surface area contributed by atoms with E-state index < -0.39 is 16.1 Å². The summed E-state index contributed by atoms with van der Waals surface area (Å²) in [4.78, 5) is 0. The quantitative estimate of drug-likeness (QED) is 0.815. The van der Waals surface area contributed by atoms with Crippen molar-refractivity contribution in [1.82, 2.24) is 4.31 Å². The molecular weight excluding hydrogens is 350 g/mol. The molecular formula is C17H20ClNO4S. The van der Waals surface area contributed by atoms with Gasteiger partial charge in [-0.05, 0) is 35.4 Å². The first-order valence-corrected chi connectivity index (χ1v) is 9.31. The number of rotatable bonds is 7. The molecule has 0 bridgehead atoms. The molecule has 1 unspecified atom stereocenters. The minimum Gasteiger partial charge on any atom is -0.497 e. The Bertz CT molecular complexity index is 760. The highest BCUT2D eigenvalue weighted by Gasteiger charge is 2.22. The standard InChI is InChI=1S/C17H20ClNO4S/c1-19(11-17(20)14-5-9-16(23-2)10-6-14)24(21,22)12-13-3-7-15(18)8-4-13/h3-10,17,20H,11-12H2,1-2H3. The van der Waals surface area contributed by atoms with Crippen molar-refractivity contribution in [2.75, 3.05) is 20.7 Å². The second kappa shape index (κ2) is 7.98. The highest BCUT2D eigenvalue weighted by atomic mass is 35.5. The summed E-state index contributed by atoms with van der Waals surface area (Å²) in [5, 5.41) is 10.8. The van der Waals surface area contributed by atoms with Gasteiger partial charge >= 0.3 is 0 Å². The van der Waals surface area contributed by atoms with Gasteiger partial charge in [0.25, 0.3) is 0 Å². The van der Waals surface area contributed by atoms with Crippen LogP contribution in [0.1, 0.15) is 17.2 Å². The Morgan fingerprint density at radius 1 is 1.12 bits per heavy atom. The molecule has 130 valence electrons. The average Bonchev–Trinajstić information content (AvgIpc) is 2.56. The van der Waals surface area contributed by atoms with Gasteiger partial charge in [-0.2, -0.15) is 0 Å². The summed E-state index contributed by atoms with van der Waals surface area (Å²) in [6.07, 6.45) is -0.916. The van der Waals surface area contributed by atoms with Crippen molar-refractivity contribution >= 4 is 21.6 Å². The minimum atomic E-state index is -3.54. The molecule has 0 fully saturated rings. The number of hydrogen-bond acceptors (Lipinski definition) is 4. The number of hydrogen-bond donors (Lipinski definition) is 1. The molecule has 0 saturated heterocycles. The molecule has 2 aromatic carbocycles. The maximum Gasteiger partial charge on any atom is 0.218 e. The summed E-state index contributed by atoms with van der Waals surface area (Å²) < 4.78 is 31.1. The van der Waals surface area contributed by atoms with E-state index in [0.29, 0.717) is 21.9 Å². The van der Waals surface area contributed by atoms with Gasteiger partial charge in [-0.1, -0.05) is 35.9 Å². The molecule has 0 amide bonds. The van der Waals surface area contributed by atoms with Crippen molar-refractivity contribution in [3.63, 3.8) is 0 Å². The van der Waals surface area contributed by atoms with Crippen LogP contribution in [0, 0.1) is 0 Å². The largest absolute Gasteiger partial charge is 0.497 e. The predicted molar refractivity (Wildman–Crippen MR) is 94.7 cm³/mol. The molecule has 0 aliphatic heterocycles. The van der Waals surface area contributed by atoms with E-state index in [4.69, 9.17) is 16.3 Å². The van der Waals surface area contributed by atoms with Crippen molar-refractivity contribution in [3.05, 3.63) is 64.7 Å². The van der Waals surface area contributed by atoms with E-state index in [1.165, 1.54) is 7.05 Å². The fourth-order valence-electron chi connectivity index (χ4n) is 2.19. The molecule has 0 saturated carbocycles. The van der Waals surface area contributed by atoms with Crippen LogP contribution >= 0.6 is 11.6 Å². The summed E-state index contributed by atoms with van der Waals surface area (Å²) in [6, 6.07) is 13.5. The topological polar surface area (TPSA) is 66.8 Å². The van der Waals surface area contributed by atoms with Crippen LogP contribution in [0.25, 0.3) is 0 Å². The predicted octanol–water partition coefficient (Wildman–Crippen LogP) is 2.84. The Hall–Kier alpha value is -1.60. The Kier molecular flexibility index (Phi) is 6.23. The lowest BCUT2D eigenvalue weighted by Crippen LogP contribution is -2.32. The molecule has 0 radical (unpaired) electrons. The van der Waals surface area contributed by atoms with Gasteiger partial charge in [0.05, 0.1) is 19.0 Å². The van der Waals surface area contributed by atoms with Crippen LogP contribution in [0.5, 0.6) is 5.75 Å². The number of sulfonamides is 1. The summed E-state index contributed by atoms with van der Waals surface area (Å²) in [6.45, 7) is -0.0255. The number of aliphatic hydroxyl groups excluding tert-OH is 1. The second-order valence-corrected chi connectivity index (χ2v) is 7.96. The molecule has 0 spiro atoms. The van der Waals surface area contributed by atoms with Crippen LogP contribution in [0.4, 0.5) is 0 Å². The Labute approximate surface area is 147 Å². The first kappa shape index (κ1) is 18.7. The zero-order valence-corrected chi connectivity index (χ0v) is 15.1. The first-order chi connectivity index (χ1) is 11.3. The number of nitrogens with zero attached hydrogens (tertiary/aromatic N) is 1. The van der Waals surface area contributed by atoms with Crippen LogP contribution in [-0.4, -0.2) is 38.5 Å². The van der Waals surface area contributed by atoms with Gasteiger partial charge in [0.2, 0.25) is 10.0 Å². The van der Waals surface area contributed by atoms with Crippen LogP contribution in [0.3, 0.4) is 0 Å². The molecule has 0 heterocycles. The molecule has 1 N–H and O–H groups in total. The van der Waals surface area contributed by atoms with E-state index in [-0.39, 0.29) is 12.3 Å². The van der Waals surface area contributed by atoms with Gasteiger partial charge in [-0.3, -0.25) is 0 Å². The lowest BCUT2D eigenvalue weighted by atomic mass is 10.1. The number of ether oxygens (including phenoxy) is 1. The lowest BCUT2D eigenvalue weighted by Gasteiger charge is -2.21. The van der Waals surface area contributed by atoms with E-state index in [0.717, 1.165) is 4.31 Å². The van der Waals surface area contributed by atoms with Crippen LogP contribution in [0.15, 0.2) is 48.5 Å². The molecule has 2 rings (SSSR count). The van der Waals surface area contributed by atoms with Crippen LogP contribution < -0.4 is 4.74 Å². The Morgan fingerprint density at radius 3 is 2.25 bits per heavy atom. The maximum atomic E-state index is 12.4. The van der Waals surface area contributed by atoms with Crippen molar-refractivity contribution in [2.24, 2.45) is 0 Å². The normalized spacial score (nSPS) is 13.0. The summed E-state index contributed by atoms with van der Waals surface area (Å²) in [7, 11) is -0.522. The smallest absolute Gasteiger partial charge is 0.218 e. The van der Waals surface area contributed by atoms with Gasteiger partial charge < -0.3 is 9.84 Å². The number of likely N-dealkylation sites (N-methyl/N-ethyl adjacent to an activating group) is 1. The van der Waals surface area contributed by atoms with Gasteiger partial charge in [-0.25, -0.2) is 12.7 Å². The van der Waals surface area contributed by atoms with Crippen LogP contribution in [-0.2, 0) is 15.8 Å². The van der Waals surface area contributed by atoms with E-state index >= 15 is 0 Å². The third-order valence-corrected chi connectivity index (χ3v) is 5.72. The van der Waals surface area contributed by atoms with Gasteiger partial charge in [0, 0.05) is 18.6 Å². The molecule has 0 aromatic heterocycles. The van der Waals surface area contributed by atoms with Gasteiger partial charge in [-0.15, -0.1) is 0 Å². The highest BCUT2D eigenvalue weighted by Crippen LogP contribution is 2.20. The zero-order valence-electron chi connectivity index (χ0n) is 13.5. The monoisotopic (exact) mass is 369 g/mol. The average molecular weight is 370 g/mol. The molecule has 1 atom stereocenters. The van der Waals surface area contributed by atoms with Crippen molar-refractivity contribution in [3.8, 4) is 5.75 Å². The Balaban J connectivity index is 2.03. The minimum absolute atomic E-state index is 0.0255.